The maximum atomic E-state index is 5.69. The van der Waals surface area contributed by atoms with Crippen LogP contribution >= 0.6 is 0 Å². The topological polar surface area (TPSA) is 30.5 Å². The van der Waals surface area contributed by atoms with Crippen molar-refractivity contribution in [2.45, 2.75) is 39.2 Å². The van der Waals surface area contributed by atoms with Gasteiger partial charge >= 0.3 is 0 Å². The Bertz CT molecular complexity index is 126. The van der Waals surface area contributed by atoms with Gasteiger partial charge in [-0.15, -0.1) is 0 Å². The molecule has 0 radical (unpaired) electrons. The molecule has 0 saturated heterocycles. The van der Waals surface area contributed by atoms with Gasteiger partial charge in [-0.25, -0.2) is 0 Å². The van der Waals surface area contributed by atoms with Crippen LogP contribution in [0.25, 0.3) is 0 Å². The second-order valence-electron chi connectivity index (χ2n) is 4.06. The Labute approximate surface area is 88.2 Å². The molecular weight excluding hydrogens is 178 g/mol. The summed E-state index contributed by atoms with van der Waals surface area (Å²) in [6, 6.07) is 0. The molecule has 86 valence electrons. The van der Waals surface area contributed by atoms with Gasteiger partial charge in [0.2, 0.25) is 0 Å². The van der Waals surface area contributed by atoms with Gasteiger partial charge < -0.3 is 14.8 Å². The van der Waals surface area contributed by atoms with Crippen LogP contribution in [-0.4, -0.2) is 39.0 Å². The molecule has 3 nitrogen and oxygen atoms in total. The highest BCUT2D eigenvalue weighted by Gasteiger charge is 2.13. The van der Waals surface area contributed by atoms with Gasteiger partial charge in [0.1, 0.15) is 0 Å². The molecule has 0 aromatic heterocycles. The molecule has 3 heteroatoms. The first-order chi connectivity index (χ1) is 6.62. The van der Waals surface area contributed by atoms with Gasteiger partial charge in [0.25, 0.3) is 0 Å². The van der Waals surface area contributed by atoms with Crippen molar-refractivity contribution >= 4 is 0 Å². The number of rotatable bonds is 9. The highest BCUT2D eigenvalue weighted by Crippen LogP contribution is 2.12. The van der Waals surface area contributed by atoms with Crippen LogP contribution < -0.4 is 5.32 Å². The normalized spacial score (nSPS) is 12.0. The highest BCUT2D eigenvalue weighted by molar-refractivity contribution is 4.65. The van der Waals surface area contributed by atoms with Crippen molar-refractivity contribution in [3.8, 4) is 0 Å². The summed E-state index contributed by atoms with van der Waals surface area (Å²) in [5.41, 5.74) is 0.0220. The Kier molecular flexibility index (Phi) is 8.14. The summed E-state index contributed by atoms with van der Waals surface area (Å²) in [4.78, 5) is 0. The largest absolute Gasteiger partial charge is 0.385 e. The molecule has 0 aliphatic rings. The third-order valence-corrected chi connectivity index (χ3v) is 2.33. The van der Waals surface area contributed by atoms with Crippen LogP contribution in [0.5, 0.6) is 0 Å². The molecule has 0 saturated carbocycles. The molecular formula is C11H25NO2. The lowest BCUT2D eigenvalue weighted by Gasteiger charge is -2.23. The fourth-order valence-electron chi connectivity index (χ4n) is 0.968. The molecule has 0 unspecified atom stereocenters. The zero-order chi connectivity index (χ0) is 10.9. The van der Waals surface area contributed by atoms with E-state index in [9.17, 15) is 0 Å². The zero-order valence-corrected chi connectivity index (χ0v) is 10.1. The molecule has 0 amide bonds. The van der Waals surface area contributed by atoms with E-state index in [1.807, 2.05) is 0 Å². The first kappa shape index (κ1) is 13.9. The second kappa shape index (κ2) is 8.21. The third-order valence-electron chi connectivity index (χ3n) is 2.33. The average molecular weight is 203 g/mol. The highest BCUT2D eigenvalue weighted by atomic mass is 16.5. The molecule has 0 rings (SSSR count). The van der Waals surface area contributed by atoms with Gasteiger partial charge in [0, 0.05) is 20.3 Å². The maximum absolute atomic E-state index is 5.69. The Balaban J connectivity index is 3.13. The lowest BCUT2D eigenvalue weighted by atomic mass is 10.1. The summed E-state index contributed by atoms with van der Waals surface area (Å²) in [5, 5.41) is 3.31. The fraction of sp³-hybridized carbons (Fsp3) is 1.00. The van der Waals surface area contributed by atoms with Gasteiger partial charge in [-0.3, -0.25) is 0 Å². The lowest BCUT2D eigenvalue weighted by Crippen LogP contribution is -2.29. The first-order valence-corrected chi connectivity index (χ1v) is 5.46. The van der Waals surface area contributed by atoms with E-state index in [2.05, 4.69) is 26.1 Å². The van der Waals surface area contributed by atoms with Crippen molar-refractivity contribution in [2.75, 3.05) is 33.4 Å². The van der Waals surface area contributed by atoms with Crippen molar-refractivity contribution in [3.63, 3.8) is 0 Å². The molecule has 0 aromatic carbocycles. The smallest absolute Gasteiger partial charge is 0.0624 e. The number of hydrogen-bond acceptors (Lipinski definition) is 3. The minimum absolute atomic E-state index is 0.0220. The summed E-state index contributed by atoms with van der Waals surface area (Å²) in [5.74, 6) is 0. The molecule has 14 heavy (non-hydrogen) atoms. The van der Waals surface area contributed by atoms with Crippen molar-refractivity contribution in [1.29, 1.82) is 0 Å². The van der Waals surface area contributed by atoms with Crippen LogP contribution in [-0.2, 0) is 9.47 Å². The van der Waals surface area contributed by atoms with E-state index >= 15 is 0 Å². The molecule has 0 aliphatic carbocycles. The van der Waals surface area contributed by atoms with Gasteiger partial charge in [0.15, 0.2) is 0 Å². The summed E-state index contributed by atoms with van der Waals surface area (Å²) in [6.45, 7) is 9.93. The Morgan fingerprint density at radius 1 is 1.14 bits per heavy atom. The molecule has 0 spiro atoms. The Morgan fingerprint density at radius 3 is 2.43 bits per heavy atom. The van der Waals surface area contributed by atoms with Crippen LogP contribution in [0.3, 0.4) is 0 Å². The fourth-order valence-corrected chi connectivity index (χ4v) is 0.968. The molecule has 0 atom stereocenters. The number of ether oxygens (including phenoxy) is 2. The van der Waals surface area contributed by atoms with E-state index in [-0.39, 0.29) is 5.60 Å². The second-order valence-corrected chi connectivity index (χ2v) is 4.06. The van der Waals surface area contributed by atoms with Crippen molar-refractivity contribution in [3.05, 3.63) is 0 Å². The predicted molar refractivity (Wildman–Crippen MR) is 59.7 cm³/mol. The summed E-state index contributed by atoms with van der Waals surface area (Å²) in [6.07, 6.45) is 2.12. The van der Waals surface area contributed by atoms with Crippen LogP contribution in [0, 0.1) is 0 Å². The van der Waals surface area contributed by atoms with Crippen molar-refractivity contribution in [1.82, 2.24) is 5.32 Å². The number of hydrogen-bond donors (Lipinski definition) is 1. The van der Waals surface area contributed by atoms with Crippen LogP contribution in [0.15, 0.2) is 0 Å². The minimum atomic E-state index is 0.0220. The number of methoxy groups -OCH3 is 1. The molecule has 0 aromatic rings. The van der Waals surface area contributed by atoms with E-state index in [0.29, 0.717) is 0 Å². The Hall–Kier alpha value is -0.120. The lowest BCUT2D eigenvalue weighted by molar-refractivity contribution is -0.0180. The van der Waals surface area contributed by atoms with Crippen molar-refractivity contribution < 1.29 is 9.47 Å². The van der Waals surface area contributed by atoms with E-state index in [0.717, 1.165) is 39.1 Å². The summed E-state index contributed by atoms with van der Waals surface area (Å²) >= 11 is 0. The molecule has 1 N–H and O–H groups in total. The molecule has 0 bridgehead atoms. The van der Waals surface area contributed by atoms with Crippen LogP contribution in [0.1, 0.15) is 33.6 Å². The summed E-state index contributed by atoms with van der Waals surface area (Å²) < 4.78 is 10.6. The first-order valence-electron chi connectivity index (χ1n) is 5.46. The third kappa shape index (κ3) is 8.48. The van der Waals surface area contributed by atoms with Gasteiger partial charge in [0.05, 0.1) is 12.2 Å². The average Bonchev–Trinajstić information content (AvgIpc) is 2.16. The molecule has 0 heterocycles. The maximum Gasteiger partial charge on any atom is 0.0624 e. The van der Waals surface area contributed by atoms with Crippen LogP contribution in [0.4, 0.5) is 0 Å². The SMILES string of the molecule is CCC(C)(C)OCCNCCCOC. The Morgan fingerprint density at radius 2 is 1.86 bits per heavy atom. The van der Waals surface area contributed by atoms with Crippen LogP contribution in [0.2, 0.25) is 0 Å². The van der Waals surface area contributed by atoms with E-state index in [1.54, 1.807) is 7.11 Å². The standard InChI is InChI=1S/C11H25NO2/c1-5-11(2,3)14-10-8-12-7-6-9-13-4/h12H,5-10H2,1-4H3. The van der Waals surface area contributed by atoms with Gasteiger partial charge in [-0.2, -0.15) is 0 Å². The van der Waals surface area contributed by atoms with Gasteiger partial charge in [-0.05, 0) is 33.2 Å². The van der Waals surface area contributed by atoms with Gasteiger partial charge in [-0.1, -0.05) is 6.92 Å². The minimum Gasteiger partial charge on any atom is -0.385 e. The van der Waals surface area contributed by atoms with E-state index in [4.69, 9.17) is 9.47 Å². The quantitative estimate of drug-likeness (QED) is 0.580. The monoisotopic (exact) mass is 203 g/mol. The molecule has 0 fully saturated rings. The zero-order valence-electron chi connectivity index (χ0n) is 10.1. The number of nitrogens with one attached hydrogen (secondary N) is 1. The predicted octanol–water partition coefficient (Wildman–Crippen LogP) is 1.82. The van der Waals surface area contributed by atoms with Crippen molar-refractivity contribution in [2.24, 2.45) is 0 Å². The van der Waals surface area contributed by atoms with E-state index < -0.39 is 0 Å². The van der Waals surface area contributed by atoms with E-state index in [1.165, 1.54) is 0 Å². The summed E-state index contributed by atoms with van der Waals surface area (Å²) in [7, 11) is 1.73. The molecule has 0 aliphatic heterocycles.